The van der Waals surface area contributed by atoms with Gasteiger partial charge in [0, 0.05) is 22.5 Å². The Labute approximate surface area is 143 Å². The van der Waals surface area contributed by atoms with Crippen molar-refractivity contribution < 1.29 is 9.59 Å². The highest BCUT2D eigenvalue weighted by molar-refractivity contribution is 7.09. The van der Waals surface area contributed by atoms with Crippen LogP contribution in [-0.2, 0) is 4.79 Å². The van der Waals surface area contributed by atoms with Crippen LogP contribution in [0, 0.1) is 0 Å². The van der Waals surface area contributed by atoms with E-state index in [4.69, 9.17) is 0 Å². The van der Waals surface area contributed by atoms with Gasteiger partial charge in [-0.2, -0.15) is 0 Å². The van der Waals surface area contributed by atoms with Gasteiger partial charge in [-0.05, 0) is 18.6 Å². The number of benzene rings is 1. The number of aromatic amines is 1. The summed E-state index contributed by atoms with van der Waals surface area (Å²) in [6, 6.07) is 9.29. The minimum Gasteiger partial charge on any atom is -0.351 e. The summed E-state index contributed by atoms with van der Waals surface area (Å²) in [6.07, 6.45) is 2.46. The predicted octanol–water partition coefficient (Wildman–Crippen LogP) is 2.62. The molecule has 7 heteroatoms. The number of fused-ring (bicyclic) bond motifs is 1. The molecule has 124 valence electrons. The molecule has 3 rings (SSSR count). The summed E-state index contributed by atoms with van der Waals surface area (Å²) >= 11 is 1.50. The van der Waals surface area contributed by atoms with Crippen molar-refractivity contribution in [2.75, 3.05) is 6.54 Å². The first-order chi connectivity index (χ1) is 11.7. The lowest BCUT2D eigenvalue weighted by Gasteiger charge is -2.14. The van der Waals surface area contributed by atoms with E-state index in [1.54, 1.807) is 12.3 Å². The van der Waals surface area contributed by atoms with Gasteiger partial charge >= 0.3 is 0 Å². The molecule has 0 fully saturated rings. The van der Waals surface area contributed by atoms with Crippen molar-refractivity contribution in [3.63, 3.8) is 0 Å². The molecule has 3 N–H and O–H groups in total. The summed E-state index contributed by atoms with van der Waals surface area (Å²) < 4.78 is 0. The topological polar surface area (TPSA) is 86.9 Å². The van der Waals surface area contributed by atoms with Gasteiger partial charge in [0.1, 0.15) is 10.7 Å². The van der Waals surface area contributed by atoms with Gasteiger partial charge in [0.15, 0.2) is 0 Å². The number of aromatic nitrogens is 2. The number of nitrogens with one attached hydrogen (secondary N) is 3. The molecule has 0 saturated carbocycles. The van der Waals surface area contributed by atoms with Crippen LogP contribution < -0.4 is 10.6 Å². The molecular weight excluding hydrogens is 324 g/mol. The van der Waals surface area contributed by atoms with Gasteiger partial charge in [0.05, 0.1) is 12.6 Å². The Hall–Kier alpha value is -2.67. The number of H-pyrrole nitrogens is 1. The van der Waals surface area contributed by atoms with Crippen LogP contribution in [0.15, 0.2) is 41.9 Å². The van der Waals surface area contributed by atoms with Crippen molar-refractivity contribution in [3.8, 4) is 0 Å². The van der Waals surface area contributed by atoms with Crippen molar-refractivity contribution in [1.29, 1.82) is 0 Å². The number of rotatable bonds is 6. The van der Waals surface area contributed by atoms with Gasteiger partial charge in [-0.25, -0.2) is 4.98 Å². The van der Waals surface area contributed by atoms with E-state index >= 15 is 0 Å². The Morgan fingerprint density at radius 2 is 2.17 bits per heavy atom. The smallest absolute Gasteiger partial charge is 0.268 e. The Bertz CT molecular complexity index is 808. The molecule has 0 aliphatic carbocycles. The predicted molar refractivity (Wildman–Crippen MR) is 93.9 cm³/mol. The second-order valence-electron chi connectivity index (χ2n) is 5.35. The average Bonchev–Trinajstić information content (AvgIpc) is 3.26. The lowest BCUT2D eigenvalue weighted by atomic mass is 10.2. The molecule has 1 aromatic carbocycles. The summed E-state index contributed by atoms with van der Waals surface area (Å²) in [4.78, 5) is 31.5. The van der Waals surface area contributed by atoms with Gasteiger partial charge in [-0.15, -0.1) is 11.3 Å². The molecule has 0 unspecified atom stereocenters. The third kappa shape index (κ3) is 3.62. The largest absolute Gasteiger partial charge is 0.351 e. The summed E-state index contributed by atoms with van der Waals surface area (Å²) in [5, 5.41) is 9.23. The van der Waals surface area contributed by atoms with Crippen LogP contribution in [0.2, 0.25) is 0 Å². The van der Waals surface area contributed by atoms with E-state index in [0.717, 1.165) is 22.3 Å². The third-order valence-electron chi connectivity index (χ3n) is 3.68. The highest BCUT2D eigenvalue weighted by Gasteiger charge is 2.16. The first kappa shape index (κ1) is 16.2. The number of thiazole rings is 1. The minimum atomic E-state index is -0.302. The van der Waals surface area contributed by atoms with Gasteiger partial charge in [0.25, 0.3) is 5.91 Å². The summed E-state index contributed by atoms with van der Waals surface area (Å²) in [5.74, 6) is -0.537. The molecule has 0 aliphatic heterocycles. The maximum atomic E-state index is 12.2. The molecule has 2 aromatic heterocycles. The van der Waals surface area contributed by atoms with E-state index in [-0.39, 0.29) is 24.4 Å². The molecule has 0 bridgehead atoms. The second-order valence-corrected chi connectivity index (χ2v) is 6.28. The van der Waals surface area contributed by atoms with E-state index in [0.29, 0.717) is 5.69 Å². The number of para-hydroxylation sites is 1. The molecule has 0 radical (unpaired) electrons. The van der Waals surface area contributed by atoms with Crippen LogP contribution in [0.3, 0.4) is 0 Å². The first-order valence-corrected chi connectivity index (χ1v) is 8.60. The van der Waals surface area contributed by atoms with E-state index in [1.165, 1.54) is 11.3 Å². The zero-order chi connectivity index (χ0) is 16.9. The van der Waals surface area contributed by atoms with Crippen LogP contribution >= 0.6 is 11.3 Å². The molecular formula is C17H18N4O2S. The lowest BCUT2D eigenvalue weighted by molar-refractivity contribution is -0.120. The molecule has 0 saturated heterocycles. The number of amides is 2. The van der Waals surface area contributed by atoms with E-state index in [1.807, 2.05) is 36.6 Å². The highest BCUT2D eigenvalue weighted by Crippen LogP contribution is 2.18. The van der Waals surface area contributed by atoms with E-state index < -0.39 is 0 Å². The fourth-order valence-electron chi connectivity index (χ4n) is 2.44. The molecule has 2 heterocycles. The molecule has 0 spiro atoms. The average molecular weight is 342 g/mol. The molecule has 1 atom stereocenters. The summed E-state index contributed by atoms with van der Waals surface area (Å²) in [7, 11) is 0. The van der Waals surface area contributed by atoms with Crippen LogP contribution in [0.4, 0.5) is 0 Å². The number of carbonyl (C=O) groups excluding carboxylic acids is 2. The number of hydrogen-bond acceptors (Lipinski definition) is 4. The zero-order valence-corrected chi connectivity index (χ0v) is 14.0. The maximum absolute atomic E-state index is 12.2. The lowest BCUT2D eigenvalue weighted by Crippen LogP contribution is -2.38. The Morgan fingerprint density at radius 1 is 1.33 bits per heavy atom. The molecule has 2 amide bonds. The van der Waals surface area contributed by atoms with Gasteiger partial charge in [-0.1, -0.05) is 25.1 Å². The Balaban J connectivity index is 1.56. The van der Waals surface area contributed by atoms with Gasteiger partial charge < -0.3 is 15.6 Å². The summed E-state index contributed by atoms with van der Waals surface area (Å²) in [5.41, 5.74) is 1.33. The second kappa shape index (κ2) is 7.27. The minimum absolute atomic E-state index is 0.0733. The maximum Gasteiger partial charge on any atom is 0.268 e. The fourth-order valence-corrected chi connectivity index (χ4v) is 3.21. The zero-order valence-electron chi connectivity index (χ0n) is 13.2. The fraction of sp³-hybridized carbons (Fsp3) is 0.235. The summed E-state index contributed by atoms with van der Waals surface area (Å²) in [6.45, 7) is 1.91. The highest BCUT2D eigenvalue weighted by atomic mass is 32.1. The van der Waals surface area contributed by atoms with Crippen LogP contribution in [-0.4, -0.2) is 28.3 Å². The van der Waals surface area contributed by atoms with Crippen molar-refractivity contribution >= 4 is 34.1 Å². The first-order valence-electron chi connectivity index (χ1n) is 7.72. The van der Waals surface area contributed by atoms with Gasteiger partial charge in [0.2, 0.25) is 5.91 Å². The Morgan fingerprint density at radius 3 is 2.88 bits per heavy atom. The Kier molecular flexibility index (Phi) is 4.90. The van der Waals surface area contributed by atoms with Crippen molar-refractivity contribution in [1.82, 2.24) is 20.6 Å². The SMILES string of the molecule is CC[C@@H](NC(=O)CNC(=O)c1cc2ccccc2[nH]1)c1nccs1. The van der Waals surface area contributed by atoms with Crippen molar-refractivity contribution in [2.24, 2.45) is 0 Å². The number of nitrogens with zero attached hydrogens (tertiary/aromatic N) is 1. The molecule has 0 aliphatic rings. The molecule has 6 nitrogen and oxygen atoms in total. The number of carbonyl (C=O) groups is 2. The van der Waals surface area contributed by atoms with E-state index in [9.17, 15) is 9.59 Å². The van der Waals surface area contributed by atoms with Crippen molar-refractivity contribution in [3.05, 3.63) is 52.6 Å². The molecule has 24 heavy (non-hydrogen) atoms. The standard InChI is InChI=1S/C17H18N4O2S/c1-2-12(17-18-7-8-24-17)21-15(22)10-19-16(23)14-9-11-5-3-4-6-13(11)20-14/h3-9,12,20H,2,10H2,1H3,(H,19,23)(H,21,22)/t12-/m1/s1. The van der Waals surface area contributed by atoms with E-state index in [2.05, 4.69) is 20.6 Å². The molecule has 3 aromatic rings. The van der Waals surface area contributed by atoms with Crippen LogP contribution in [0.25, 0.3) is 10.9 Å². The number of hydrogen-bond donors (Lipinski definition) is 3. The van der Waals surface area contributed by atoms with Crippen LogP contribution in [0.1, 0.15) is 34.9 Å². The quantitative estimate of drug-likeness (QED) is 0.643. The monoisotopic (exact) mass is 342 g/mol. The van der Waals surface area contributed by atoms with Crippen molar-refractivity contribution in [2.45, 2.75) is 19.4 Å². The van der Waals surface area contributed by atoms with Crippen LogP contribution in [0.5, 0.6) is 0 Å². The normalized spacial score (nSPS) is 12.0. The van der Waals surface area contributed by atoms with Gasteiger partial charge in [-0.3, -0.25) is 9.59 Å². The third-order valence-corrected chi connectivity index (χ3v) is 4.57.